The lowest BCUT2D eigenvalue weighted by atomic mass is 10.3. The third-order valence-electron chi connectivity index (χ3n) is 4.35. The van der Waals surface area contributed by atoms with E-state index in [4.69, 9.17) is 9.26 Å². The van der Waals surface area contributed by atoms with Crippen LogP contribution in [0.4, 0.5) is 5.82 Å². The van der Waals surface area contributed by atoms with Gasteiger partial charge in [0, 0.05) is 39.0 Å². The Labute approximate surface area is 142 Å². The number of anilines is 1. The van der Waals surface area contributed by atoms with E-state index in [2.05, 4.69) is 37.1 Å². The monoisotopic (exact) mass is 331 g/mol. The Morgan fingerprint density at radius 2 is 2.08 bits per heavy atom. The number of hydrogen-bond donors (Lipinski definition) is 0. The van der Waals surface area contributed by atoms with Gasteiger partial charge in [0.1, 0.15) is 11.9 Å². The van der Waals surface area contributed by atoms with E-state index in [9.17, 15) is 0 Å². The predicted octanol–water partition coefficient (Wildman–Crippen LogP) is 2.19. The van der Waals surface area contributed by atoms with Gasteiger partial charge in [0.2, 0.25) is 5.89 Å². The Bertz CT molecular complexity index is 660. The van der Waals surface area contributed by atoms with Crippen LogP contribution in [0.1, 0.15) is 36.9 Å². The number of methoxy groups -OCH3 is 1. The van der Waals surface area contributed by atoms with Crippen molar-refractivity contribution in [3.63, 3.8) is 0 Å². The van der Waals surface area contributed by atoms with Crippen LogP contribution in [0.25, 0.3) is 0 Å². The Morgan fingerprint density at radius 1 is 1.21 bits per heavy atom. The quantitative estimate of drug-likeness (QED) is 0.832. The molecule has 130 valence electrons. The van der Waals surface area contributed by atoms with Crippen molar-refractivity contribution in [2.45, 2.75) is 32.9 Å². The molecule has 1 saturated heterocycles. The van der Waals surface area contributed by atoms with Crippen LogP contribution in [0.15, 0.2) is 22.7 Å². The average molecular weight is 331 g/mol. The number of aryl methyl sites for hydroxylation is 1. The summed E-state index contributed by atoms with van der Waals surface area (Å²) in [4.78, 5) is 13.8. The molecule has 2 aromatic heterocycles. The molecule has 0 saturated carbocycles. The van der Waals surface area contributed by atoms with Crippen LogP contribution in [0.5, 0.6) is 0 Å². The molecule has 0 N–H and O–H groups in total. The predicted molar refractivity (Wildman–Crippen MR) is 90.8 cm³/mol. The van der Waals surface area contributed by atoms with Crippen LogP contribution < -0.4 is 4.90 Å². The van der Waals surface area contributed by atoms with Gasteiger partial charge in [-0.3, -0.25) is 4.90 Å². The molecule has 0 bridgehead atoms. The number of nitrogens with zero attached hydrogens (tertiary/aromatic N) is 5. The van der Waals surface area contributed by atoms with Gasteiger partial charge in [-0.1, -0.05) is 11.2 Å². The van der Waals surface area contributed by atoms with E-state index in [0.29, 0.717) is 18.3 Å². The lowest BCUT2D eigenvalue weighted by molar-refractivity contribution is 0.109. The molecule has 0 aromatic carbocycles. The summed E-state index contributed by atoms with van der Waals surface area (Å²) in [6.45, 7) is 8.55. The Hall–Kier alpha value is -1.99. The fourth-order valence-corrected chi connectivity index (χ4v) is 2.86. The molecule has 0 unspecified atom stereocenters. The minimum atomic E-state index is -0.144. The highest BCUT2D eigenvalue weighted by Crippen LogP contribution is 2.16. The molecule has 1 atom stereocenters. The fourth-order valence-electron chi connectivity index (χ4n) is 2.86. The first kappa shape index (κ1) is 16.9. The zero-order valence-corrected chi connectivity index (χ0v) is 14.6. The molecule has 3 heterocycles. The maximum absolute atomic E-state index is 5.35. The number of ether oxygens (including phenoxy) is 1. The Balaban J connectivity index is 1.58. The van der Waals surface area contributed by atoms with Gasteiger partial charge >= 0.3 is 0 Å². The summed E-state index contributed by atoms with van der Waals surface area (Å²) >= 11 is 0. The number of rotatable bonds is 5. The third kappa shape index (κ3) is 4.10. The van der Waals surface area contributed by atoms with Crippen LogP contribution in [-0.4, -0.2) is 53.3 Å². The molecule has 7 nitrogen and oxygen atoms in total. The second kappa shape index (κ2) is 7.72. The standard InChI is InChI=1S/C17H25N5O2/c1-13-6-4-7-15(18-13)22-9-5-8-21(10-11-22)12-16-19-17(20-24-16)14(2)23-3/h4,6-7,14H,5,8-12H2,1-3H3/t14-/m0/s1. The van der Waals surface area contributed by atoms with Crippen molar-refractivity contribution in [2.75, 3.05) is 38.2 Å². The average Bonchev–Trinajstić information content (AvgIpc) is 2.92. The van der Waals surface area contributed by atoms with E-state index in [0.717, 1.165) is 44.1 Å². The molecule has 1 aliphatic heterocycles. The molecular weight excluding hydrogens is 306 g/mol. The zero-order chi connectivity index (χ0) is 16.9. The van der Waals surface area contributed by atoms with Crippen molar-refractivity contribution in [1.82, 2.24) is 20.0 Å². The lowest BCUT2D eigenvalue weighted by Gasteiger charge is -2.22. The third-order valence-corrected chi connectivity index (χ3v) is 4.35. The number of aromatic nitrogens is 3. The molecule has 0 radical (unpaired) electrons. The van der Waals surface area contributed by atoms with E-state index in [1.165, 1.54) is 0 Å². The minimum Gasteiger partial charge on any atom is -0.374 e. The fraction of sp³-hybridized carbons (Fsp3) is 0.588. The van der Waals surface area contributed by atoms with Gasteiger partial charge in [0.05, 0.1) is 6.54 Å². The minimum absolute atomic E-state index is 0.144. The highest BCUT2D eigenvalue weighted by molar-refractivity contribution is 5.39. The van der Waals surface area contributed by atoms with Gasteiger partial charge in [-0.05, 0) is 32.4 Å². The Kier molecular flexibility index (Phi) is 5.42. The molecule has 3 rings (SSSR count). The summed E-state index contributed by atoms with van der Waals surface area (Å²) < 4.78 is 10.6. The van der Waals surface area contributed by atoms with Crippen molar-refractivity contribution in [1.29, 1.82) is 0 Å². The van der Waals surface area contributed by atoms with Crippen molar-refractivity contribution in [2.24, 2.45) is 0 Å². The molecule has 0 amide bonds. The summed E-state index contributed by atoms with van der Waals surface area (Å²) in [6.07, 6.45) is 0.944. The first-order chi connectivity index (χ1) is 11.7. The lowest BCUT2D eigenvalue weighted by Crippen LogP contribution is -2.31. The summed E-state index contributed by atoms with van der Waals surface area (Å²) in [7, 11) is 1.64. The van der Waals surface area contributed by atoms with Crippen LogP contribution in [0, 0.1) is 6.92 Å². The second-order valence-electron chi connectivity index (χ2n) is 6.18. The van der Waals surface area contributed by atoms with Crippen LogP contribution in [0.3, 0.4) is 0 Å². The van der Waals surface area contributed by atoms with Crippen molar-refractivity contribution in [3.8, 4) is 0 Å². The second-order valence-corrected chi connectivity index (χ2v) is 6.18. The van der Waals surface area contributed by atoms with E-state index < -0.39 is 0 Å². The van der Waals surface area contributed by atoms with Gasteiger partial charge in [-0.2, -0.15) is 4.98 Å². The van der Waals surface area contributed by atoms with Gasteiger partial charge < -0.3 is 14.2 Å². The largest absolute Gasteiger partial charge is 0.374 e. The van der Waals surface area contributed by atoms with Gasteiger partial charge in [0.15, 0.2) is 5.82 Å². The molecular formula is C17H25N5O2. The topological polar surface area (TPSA) is 67.5 Å². The Morgan fingerprint density at radius 3 is 2.88 bits per heavy atom. The van der Waals surface area contributed by atoms with Gasteiger partial charge in [0.25, 0.3) is 0 Å². The first-order valence-corrected chi connectivity index (χ1v) is 8.42. The van der Waals surface area contributed by atoms with Gasteiger partial charge in [-0.15, -0.1) is 0 Å². The summed E-state index contributed by atoms with van der Waals surface area (Å²) in [5.41, 5.74) is 1.05. The van der Waals surface area contributed by atoms with Crippen LogP contribution >= 0.6 is 0 Å². The molecule has 1 aliphatic rings. The van der Waals surface area contributed by atoms with E-state index in [-0.39, 0.29) is 6.10 Å². The maximum atomic E-state index is 5.35. The number of hydrogen-bond acceptors (Lipinski definition) is 7. The maximum Gasteiger partial charge on any atom is 0.240 e. The molecule has 0 spiro atoms. The highest BCUT2D eigenvalue weighted by atomic mass is 16.5. The molecule has 0 aliphatic carbocycles. The summed E-state index contributed by atoms with van der Waals surface area (Å²) in [5, 5.41) is 3.99. The van der Waals surface area contributed by atoms with Gasteiger partial charge in [-0.25, -0.2) is 4.98 Å². The summed E-state index contributed by atoms with van der Waals surface area (Å²) in [5.74, 6) is 2.31. The highest BCUT2D eigenvalue weighted by Gasteiger charge is 2.19. The van der Waals surface area contributed by atoms with Crippen molar-refractivity contribution in [3.05, 3.63) is 35.6 Å². The van der Waals surface area contributed by atoms with Crippen LogP contribution in [-0.2, 0) is 11.3 Å². The van der Waals surface area contributed by atoms with E-state index in [1.807, 2.05) is 19.9 Å². The molecule has 24 heavy (non-hydrogen) atoms. The zero-order valence-electron chi connectivity index (χ0n) is 14.6. The van der Waals surface area contributed by atoms with Crippen molar-refractivity contribution >= 4 is 5.82 Å². The van der Waals surface area contributed by atoms with Crippen LogP contribution in [0.2, 0.25) is 0 Å². The SMILES string of the molecule is CO[C@@H](C)c1noc(CN2CCCN(c3cccc(C)n3)CC2)n1. The van der Waals surface area contributed by atoms with E-state index in [1.54, 1.807) is 7.11 Å². The summed E-state index contributed by atoms with van der Waals surface area (Å²) in [6, 6.07) is 6.18. The molecule has 2 aromatic rings. The van der Waals surface area contributed by atoms with Crippen molar-refractivity contribution < 1.29 is 9.26 Å². The molecule has 7 heteroatoms. The first-order valence-electron chi connectivity index (χ1n) is 8.42. The number of pyridine rings is 1. The molecule has 1 fully saturated rings. The smallest absolute Gasteiger partial charge is 0.240 e. The normalized spacial score (nSPS) is 17.7. The van der Waals surface area contributed by atoms with E-state index >= 15 is 0 Å².